The van der Waals surface area contributed by atoms with E-state index in [4.69, 9.17) is 4.74 Å². The molecule has 18 heavy (non-hydrogen) atoms. The van der Waals surface area contributed by atoms with Gasteiger partial charge in [0.15, 0.2) is 0 Å². The van der Waals surface area contributed by atoms with Crippen LogP contribution in [-0.4, -0.2) is 38.1 Å². The number of nitrogens with zero attached hydrogens (tertiary/aromatic N) is 1. The first-order chi connectivity index (χ1) is 8.63. The second kappa shape index (κ2) is 11.5. The second-order valence-electron chi connectivity index (χ2n) is 5.27. The third kappa shape index (κ3) is 8.51. The predicted octanol–water partition coefficient (Wildman–Crippen LogP) is 3.62. The molecule has 0 saturated carbocycles. The average Bonchev–Trinajstić information content (AvgIpc) is 2.35. The van der Waals surface area contributed by atoms with Crippen LogP contribution in [0.3, 0.4) is 0 Å². The van der Waals surface area contributed by atoms with E-state index in [2.05, 4.69) is 6.92 Å². The van der Waals surface area contributed by atoms with Gasteiger partial charge in [0, 0.05) is 0 Å². The summed E-state index contributed by atoms with van der Waals surface area (Å²) in [5.41, 5.74) is 0. The van der Waals surface area contributed by atoms with Gasteiger partial charge in [-0.05, 0) is 20.5 Å². The van der Waals surface area contributed by atoms with Gasteiger partial charge in [0.1, 0.15) is 6.04 Å². The van der Waals surface area contributed by atoms with Crippen LogP contribution in [0.25, 0.3) is 0 Å². The molecule has 0 aliphatic rings. The van der Waals surface area contributed by atoms with Crippen LogP contribution in [-0.2, 0) is 9.53 Å². The molecule has 0 heterocycles. The topological polar surface area (TPSA) is 29.5 Å². The minimum absolute atomic E-state index is 0.0740. The van der Waals surface area contributed by atoms with Crippen molar-refractivity contribution in [1.29, 1.82) is 0 Å². The lowest BCUT2D eigenvalue weighted by Gasteiger charge is -2.21. The quantitative estimate of drug-likeness (QED) is 0.418. The van der Waals surface area contributed by atoms with Crippen molar-refractivity contribution in [3.8, 4) is 0 Å². The number of hydrogen-bond acceptors (Lipinski definition) is 3. The molecule has 0 aromatic carbocycles. The number of rotatable bonds is 11. The Morgan fingerprint density at radius 3 is 1.94 bits per heavy atom. The van der Waals surface area contributed by atoms with Crippen molar-refractivity contribution in [3.05, 3.63) is 0 Å². The van der Waals surface area contributed by atoms with Gasteiger partial charge in [-0.3, -0.25) is 9.69 Å². The third-order valence-electron chi connectivity index (χ3n) is 3.43. The molecule has 0 fully saturated rings. The Morgan fingerprint density at radius 2 is 1.50 bits per heavy atom. The Kier molecular flexibility index (Phi) is 11.2. The van der Waals surface area contributed by atoms with Crippen LogP contribution in [0.2, 0.25) is 0 Å². The number of carbonyl (C=O) groups is 1. The van der Waals surface area contributed by atoms with Crippen molar-refractivity contribution in [3.63, 3.8) is 0 Å². The van der Waals surface area contributed by atoms with Crippen molar-refractivity contribution < 1.29 is 9.53 Å². The smallest absolute Gasteiger partial charge is 0.323 e. The number of esters is 1. The number of carbonyl (C=O) groups excluding carboxylic acids is 1. The second-order valence-corrected chi connectivity index (χ2v) is 5.27. The van der Waals surface area contributed by atoms with Crippen LogP contribution in [0.5, 0.6) is 0 Å². The van der Waals surface area contributed by atoms with E-state index in [1.54, 1.807) is 0 Å². The number of ether oxygens (including phenoxy) is 1. The zero-order valence-electron chi connectivity index (χ0n) is 12.7. The molecule has 0 aromatic heterocycles. The average molecular weight is 257 g/mol. The highest BCUT2D eigenvalue weighted by Crippen LogP contribution is 2.12. The van der Waals surface area contributed by atoms with Gasteiger partial charge >= 0.3 is 5.97 Å². The summed E-state index contributed by atoms with van der Waals surface area (Å²) in [5, 5.41) is 0. The van der Waals surface area contributed by atoms with E-state index in [0.29, 0.717) is 0 Å². The highest BCUT2D eigenvalue weighted by Gasteiger charge is 2.20. The van der Waals surface area contributed by atoms with Crippen molar-refractivity contribution in [2.45, 2.75) is 70.8 Å². The SMILES string of the molecule is CCCCCCCCCCC(C(=O)OC)N(C)C. The molecule has 0 aliphatic heterocycles. The van der Waals surface area contributed by atoms with E-state index in [0.717, 1.165) is 12.8 Å². The fourth-order valence-corrected chi connectivity index (χ4v) is 2.19. The molecule has 0 amide bonds. The minimum atomic E-state index is -0.108. The van der Waals surface area contributed by atoms with Gasteiger partial charge in [0.05, 0.1) is 7.11 Å². The minimum Gasteiger partial charge on any atom is -0.468 e. The van der Waals surface area contributed by atoms with Crippen molar-refractivity contribution in [2.75, 3.05) is 21.2 Å². The first kappa shape index (κ1) is 17.4. The summed E-state index contributed by atoms with van der Waals surface area (Å²) < 4.78 is 4.82. The summed E-state index contributed by atoms with van der Waals surface area (Å²) >= 11 is 0. The van der Waals surface area contributed by atoms with Crippen molar-refractivity contribution in [1.82, 2.24) is 4.90 Å². The van der Waals surface area contributed by atoms with E-state index in [1.807, 2.05) is 19.0 Å². The van der Waals surface area contributed by atoms with E-state index >= 15 is 0 Å². The van der Waals surface area contributed by atoms with Gasteiger partial charge in [0.2, 0.25) is 0 Å². The van der Waals surface area contributed by atoms with Crippen molar-refractivity contribution in [2.24, 2.45) is 0 Å². The summed E-state index contributed by atoms with van der Waals surface area (Å²) in [7, 11) is 5.34. The molecule has 1 unspecified atom stereocenters. The molecule has 0 aliphatic carbocycles. The highest BCUT2D eigenvalue weighted by molar-refractivity contribution is 5.75. The number of methoxy groups -OCH3 is 1. The summed E-state index contributed by atoms with van der Waals surface area (Å²) in [6.45, 7) is 2.24. The first-order valence-corrected chi connectivity index (χ1v) is 7.37. The molecule has 3 nitrogen and oxygen atoms in total. The largest absolute Gasteiger partial charge is 0.468 e. The Balaban J connectivity index is 3.53. The van der Waals surface area contributed by atoms with Gasteiger partial charge in [0.25, 0.3) is 0 Å². The molecule has 0 saturated heterocycles. The number of likely N-dealkylation sites (N-methyl/N-ethyl adjacent to an activating group) is 1. The first-order valence-electron chi connectivity index (χ1n) is 7.37. The lowest BCUT2D eigenvalue weighted by molar-refractivity contribution is -0.146. The number of hydrogen-bond donors (Lipinski definition) is 0. The van der Waals surface area contributed by atoms with Gasteiger partial charge in [-0.2, -0.15) is 0 Å². The summed E-state index contributed by atoms with van der Waals surface area (Å²) in [6, 6.07) is -0.0740. The molecule has 0 bridgehead atoms. The molecule has 3 heteroatoms. The van der Waals surface area contributed by atoms with Crippen LogP contribution in [0, 0.1) is 0 Å². The molecule has 1 atom stereocenters. The standard InChI is InChI=1S/C15H31NO2/c1-5-6-7-8-9-10-11-12-13-14(16(2)3)15(17)18-4/h14H,5-13H2,1-4H3. The molecule has 0 N–H and O–H groups in total. The molecule has 108 valence electrons. The monoisotopic (exact) mass is 257 g/mol. The molecule has 0 radical (unpaired) electrons. The van der Waals surface area contributed by atoms with E-state index in [1.165, 1.54) is 52.1 Å². The van der Waals surface area contributed by atoms with Crippen LogP contribution < -0.4 is 0 Å². The van der Waals surface area contributed by atoms with Crippen LogP contribution in [0.1, 0.15) is 64.7 Å². The highest BCUT2D eigenvalue weighted by atomic mass is 16.5. The lowest BCUT2D eigenvalue weighted by Crippen LogP contribution is -2.36. The van der Waals surface area contributed by atoms with Crippen LogP contribution in [0.4, 0.5) is 0 Å². The van der Waals surface area contributed by atoms with E-state index in [-0.39, 0.29) is 12.0 Å². The zero-order chi connectivity index (χ0) is 13.8. The van der Waals surface area contributed by atoms with E-state index < -0.39 is 0 Å². The Hall–Kier alpha value is -0.570. The fourth-order valence-electron chi connectivity index (χ4n) is 2.19. The molecular weight excluding hydrogens is 226 g/mol. The maximum absolute atomic E-state index is 11.5. The van der Waals surface area contributed by atoms with E-state index in [9.17, 15) is 4.79 Å². The van der Waals surface area contributed by atoms with Crippen molar-refractivity contribution >= 4 is 5.97 Å². The fraction of sp³-hybridized carbons (Fsp3) is 0.933. The maximum atomic E-state index is 11.5. The normalized spacial score (nSPS) is 12.7. The maximum Gasteiger partial charge on any atom is 0.323 e. The lowest BCUT2D eigenvalue weighted by atomic mass is 10.0. The van der Waals surface area contributed by atoms with Crippen LogP contribution >= 0.6 is 0 Å². The summed E-state index contributed by atoms with van der Waals surface area (Å²) in [6.07, 6.45) is 11.3. The molecular formula is C15H31NO2. The van der Waals surface area contributed by atoms with Gasteiger partial charge < -0.3 is 4.74 Å². The molecule has 0 spiro atoms. The third-order valence-corrected chi connectivity index (χ3v) is 3.43. The Morgan fingerprint density at radius 1 is 1.00 bits per heavy atom. The zero-order valence-corrected chi connectivity index (χ0v) is 12.7. The molecule has 0 rings (SSSR count). The number of unbranched alkanes of at least 4 members (excludes halogenated alkanes) is 7. The van der Waals surface area contributed by atoms with Gasteiger partial charge in [-0.15, -0.1) is 0 Å². The Labute approximate surface area is 113 Å². The predicted molar refractivity (Wildman–Crippen MR) is 76.7 cm³/mol. The summed E-state index contributed by atoms with van der Waals surface area (Å²) in [5.74, 6) is -0.108. The van der Waals surface area contributed by atoms with Gasteiger partial charge in [-0.25, -0.2) is 0 Å². The molecule has 0 aromatic rings. The Bertz CT molecular complexity index is 205. The summed E-state index contributed by atoms with van der Waals surface area (Å²) in [4.78, 5) is 13.5. The van der Waals surface area contributed by atoms with Gasteiger partial charge in [-0.1, -0.05) is 58.3 Å². The van der Waals surface area contributed by atoms with Crippen LogP contribution in [0.15, 0.2) is 0 Å².